The van der Waals surface area contributed by atoms with Gasteiger partial charge in [-0.3, -0.25) is 10.5 Å². The Balaban J connectivity index is 2.89. The van der Waals surface area contributed by atoms with E-state index in [0.29, 0.717) is 0 Å². The van der Waals surface area contributed by atoms with Crippen molar-refractivity contribution in [2.24, 2.45) is 0 Å². The highest BCUT2D eigenvalue weighted by molar-refractivity contribution is 5.70. The third-order valence-electron chi connectivity index (χ3n) is 1.65. The summed E-state index contributed by atoms with van der Waals surface area (Å²) in [6.45, 7) is 0.142. The van der Waals surface area contributed by atoms with Gasteiger partial charge in [0.15, 0.2) is 0 Å². The second kappa shape index (κ2) is 3.88. The zero-order valence-electron chi connectivity index (χ0n) is 6.58. The molecule has 63 valence electrons. The van der Waals surface area contributed by atoms with Crippen LogP contribution in [-0.4, -0.2) is 11.1 Å². The number of nitrogens with one attached hydrogen (secondary N) is 1. The van der Waals surface area contributed by atoms with Gasteiger partial charge in [0, 0.05) is 6.54 Å². The molecule has 0 aliphatic heterocycles. The van der Waals surface area contributed by atoms with E-state index in [2.05, 4.69) is 0 Å². The summed E-state index contributed by atoms with van der Waals surface area (Å²) in [4.78, 5) is 10.4. The van der Waals surface area contributed by atoms with Gasteiger partial charge in [-0.1, -0.05) is 24.3 Å². The molecule has 0 amide bonds. The van der Waals surface area contributed by atoms with E-state index in [1.165, 1.54) is 0 Å². The van der Waals surface area contributed by atoms with Crippen LogP contribution in [0.1, 0.15) is 11.1 Å². The molecule has 3 heteroatoms. The largest absolute Gasteiger partial charge is 0.481 e. The van der Waals surface area contributed by atoms with E-state index in [-0.39, 0.29) is 13.0 Å². The molecule has 1 radical (unpaired) electrons. The highest BCUT2D eigenvalue weighted by Gasteiger charge is 2.03. The molecule has 0 aliphatic carbocycles. The maximum Gasteiger partial charge on any atom is 0.307 e. The minimum atomic E-state index is -0.851. The Morgan fingerprint density at radius 1 is 1.33 bits per heavy atom. The van der Waals surface area contributed by atoms with Crippen LogP contribution in [0.5, 0.6) is 0 Å². The van der Waals surface area contributed by atoms with Crippen LogP contribution < -0.4 is 5.73 Å². The van der Waals surface area contributed by atoms with Crippen molar-refractivity contribution in [1.29, 1.82) is 0 Å². The first kappa shape index (κ1) is 8.74. The number of carbonyl (C=O) groups is 1. The first-order chi connectivity index (χ1) is 5.74. The molecule has 3 nitrogen and oxygen atoms in total. The fourth-order valence-corrected chi connectivity index (χ4v) is 1.07. The normalized spacial score (nSPS) is 9.75. The average Bonchev–Trinajstić information content (AvgIpc) is 2.04. The smallest absolute Gasteiger partial charge is 0.307 e. The minimum absolute atomic E-state index is 0.00898. The molecule has 2 N–H and O–H groups in total. The molecule has 0 aromatic heterocycles. The van der Waals surface area contributed by atoms with Crippen LogP contribution in [0.2, 0.25) is 0 Å². The zero-order valence-corrected chi connectivity index (χ0v) is 6.58. The average molecular weight is 164 g/mol. The van der Waals surface area contributed by atoms with Gasteiger partial charge in [0.1, 0.15) is 0 Å². The van der Waals surface area contributed by atoms with Crippen molar-refractivity contribution in [2.75, 3.05) is 0 Å². The minimum Gasteiger partial charge on any atom is -0.481 e. The molecule has 1 aromatic carbocycles. The van der Waals surface area contributed by atoms with Crippen LogP contribution in [0.15, 0.2) is 24.3 Å². The number of aliphatic carboxylic acids is 1. The van der Waals surface area contributed by atoms with Gasteiger partial charge >= 0.3 is 5.97 Å². The van der Waals surface area contributed by atoms with E-state index in [4.69, 9.17) is 10.8 Å². The Bertz CT molecular complexity index is 284. The number of benzene rings is 1. The molecule has 0 aliphatic rings. The van der Waals surface area contributed by atoms with Crippen molar-refractivity contribution < 1.29 is 9.90 Å². The van der Waals surface area contributed by atoms with E-state index < -0.39 is 5.97 Å². The monoisotopic (exact) mass is 164 g/mol. The third kappa shape index (κ3) is 2.07. The summed E-state index contributed by atoms with van der Waals surface area (Å²) < 4.78 is 0. The number of carboxylic acid groups (broad SMARTS) is 1. The molecule has 0 saturated carbocycles. The van der Waals surface area contributed by atoms with Crippen LogP contribution >= 0.6 is 0 Å². The zero-order chi connectivity index (χ0) is 8.97. The molecule has 0 spiro atoms. The first-order valence-corrected chi connectivity index (χ1v) is 3.67. The van der Waals surface area contributed by atoms with Gasteiger partial charge in [0.05, 0.1) is 6.42 Å². The topological polar surface area (TPSA) is 61.1 Å². The number of carboxylic acids is 1. The van der Waals surface area contributed by atoms with Crippen molar-refractivity contribution in [3.8, 4) is 0 Å². The van der Waals surface area contributed by atoms with Crippen LogP contribution in [0.3, 0.4) is 0 Å². The molecule has 0 fully saturated rings. The molecule has 0 saturated heterocycles. The van der Waals surface area contributed by atoms with Gasteiger partial charge in [-0.2, -0.15) is 0 Å². The predicted molar refractivity (Wildman–Crippen MR) is 44.6 cm³/mol. The highest BCUT2D eigenvalue weighted by atomic mass is 16.4. The van der Waals surface area contributed by atoms with Crippen molar-refractivity contribution in [1.82, 2.24) is 5.73 Å². The second-order valence-corrected chi connectivity index (χ2v) is 2.52. The van der Waals surface area contributed by atoms with Gasteiger partial charge in [-0.05, 0) is 11.1 Å². The molecule has 0 atom stereocenters. The van der Waals surface area contributed by atoms with Crippen LogP contribution in [0.25, 0.3) is 0 Å². The molecule has 0 heterocycles. The standard InChI is InChI=1S/C9H10NO2/c10-6-8-4-2-1-3-7(8)5-9(11)12/h1-4,10H,5-6H2,(H,11,12). The lowest BCUT2D eigenvalue weighted by Crippen LogP contribution is -2.03. The van der Waals surface area contributed by atoms with Gasteiger partial charge in [0.25, 0.3) is 0 Å². The molecular formula is C9H10NO2. The summed E-state index contributed by atoms with van der Waals surface area (Å²) in [6.07, 6.45) is 0.00898. The lowest BCUT2D eigenvalue weighted by Gasteiger charge is -2.02. The Kier molecular flexibility index (Phi) is 2.82. The maximum absolute atomic E-state index is 10.4. The van der Waals surface area contributed by atoms with Gasteiger partial charge in [0.2, 0.25) is 0 Å². The van der Waals surface area contributed by atoms with E-state index in [1.54, 1.807) is 18.2 Å². The summed E-state index contributed by atoms with van der Waals surface area (Å²) in [5.41, 5.74) is 8.66. The van der Waals surface area contributed by atoms with Crippen molar-refractivity contribution in [3.63, 3.8) is 0 Å². The molecule has 1 rings (SSSR count). The predicted octanol–water partition coefficient (Wildman–Crippen LogP) is 1.10. The fraction of sp³-hybridized carbons (Fsp3) is 0.222. The van der Waals surface area contributed by atoms with E-state index in [1.807, 2.05) is 6.07 Å². The van der Waals surface area contributed by atoms with Crippen LogP contribution in [-0.2, 0) is 17.8 Å². The molecule has 1 aromatic rings. The summed E-state index contributed by atoms with van der Waals surface area (Å²) >= 11 is 0. The summed E-state index contributed by atoms with van der Waals surface area (Å²) in [5, 5.41) is 8.53. The quantitative estimate of drug-likeness (QED) is 0.727. The maximum atomic E-state index is 10.4. The third-order valence-corrected chi connectivity index (χ3v) is 1.65. The Morgan fingerprint density at radius 2 is 1.92 bits per heavy atom. The van der Waals surface area contributed by atoms with Gasteiger partial charge < -0.3 is 5.11 Å². The van der Waals surface area contributed by atoms with Crippen molar-refractivity contribution in [3.05, 3.63) is 35.4 Å². The van der Waals surface area contributed by atoms with Crippen molar-refractivity contribution in [2.45, 2.75) is 13.0 Å². The molecule has 0 unspecified atom stereocenters. The van der Waals surface area contributed by atoms with Gasteiger partial charge in [-0.25, -0.2) is 0 Å². The summed E-state index contributed by atoms with van der Waals surface area (Å²) in [5.74, 6) is -0.851. The van der Waals surface area contributed by atoms with Crippen LogP contribution in [0, 0.1) is 0 Å². The number of rotatable bonds is 3. The van der Waals surface area contributed by atoms with E-state index in [0.717, 1.165) is 11.1 Å². The fourth-order valence-electron chi connectivity index (χ4n) is 1.07. The Morgan fingerprint density at radius 3 is 2.42 bits per heavy atom. The molecule has 12 heavy (non-hydrogen) atoms. The Hall–Kier alpha value is -1.35. The Labute approximate surface area is 70.8 Å². The lowest BCUT2D eigenvalue weighted by atomic mass is 10.1. The van der Waals surface area contributed by atoms with Crippen LogP contribution in [0.4, 0.5) is 0 Å². The summed E-state index contributed by atoms with van der Waals surface area (Å²) in [7, 11) is 0. The lowest BCUT2D eigenvalue weighted by molar-refractivity contribution is -0.136. The van der Waals surface area contributed by atoms with Gasteiger partial charge in [-0.15, -0.1) is 0 Å². The highest BCUT2D eigenvalue weighted by Crippen LogP contribution is 2.08. The van der Waals surface area contributed by atoms with E-state index in [9.17, 15) is 4.79 Å². The SMILES string of the molecule is [NH]Cc1ccccc1CC(=O)O. The summed E-state index contributed by atoms with van der Waals surface area (Å²) in [6, 6.07) is 7.13. The van der Waals surface area contributed by atoms with Crippen molar-refractivity contribution >= 4 is 5.97 Å². The molecular weight excluding hydrogens is 154 g/mol. The first-order valence-electron chi connectivity index (χ1n) is 3.67. The number of hydrogen-bond donors (Lipinski definition) is 1. The second-order valence-electron chi connectivity index (χ2n) is 2.52. The number of hydrogen-bond acceptors (Lipinski definition) is 1. The molecule has 0 bridgehead atoms. The van der Waals surface area contributed by atoms with E-state index >= 15 is 0 Å².